The van der Waals surface area contributed by atoms with Gasteiger partial charge in [0.25, 0.3) is 0 Å². The Morgan fingerprint density at radius 2 is 1.12 bits per heavy atom. The average molecular weight is 506 g/mol. The lowest BCUT2D eigenvalue weighted by Crippen LogP contribution is -2.43. The maximum Gasteiger partial charge on any atom is 0.485 e. The highest BCUT2D eigenvalue weighted by Crippen LogP contribution is 2.20. The van der Waals surface area contributed by atoms with E-state index in [0.29, 0.717) is 6.61 Å². The quantitative estimate of drug-likeness (QED) is 0.0732. The van der Waals surface area contributed by atoms with E-state index in [2.05, 4.69) is 21.0 Å². The van der Waals surface area contributed by atoms with Gasteiger partial charge < -0.3 is 13.8 Å². The molecule has 0 rings (SSSR count). The molecule has 0 spiro atoms. The number of ether oxygens (including phenoxy) is 1. The van der Waals surface area contributed by atoms with Gasteiger partial charge in [-0.2, -0.15) is 13.2 Å². The van der Waals surface area contributed by atoms with Crippen molar-refractivity contribution < 1.29 is 40.2 Å². The summed E-state index contributed by atoms with van der Waals surface area (Å²) in [5.41, 5.74) is -5.65. The van der Waals surface area contributed by atoms with Gasteiger partial charge in [-0.3, -0.25) is 4.79 Å². The largest absolute Gasteiger partial charge is 0.741 e. The first-order chi connectivity index (χ1) is 15.2. The lowest BCUT2D eigenvalue weighted by atomic mass is 10.0. The molecule has 0 aliphatic rings. The van der Waals surface area contributed by atoms with Gasteiger partial charge in [0.05, 0.1) is 20.6 Å². The molecule has 0 saturated carbocycles. The summed E-state index contributed by atoms with van der Waals surface area (Å²) in [4.78, 5) is 10.8. The molecule has 6 nitrogen and oxygen atoms in total. The predicted molar refractivity (Wildman–Crippen MR) is 125 cm³/mol. The molecular formula is C23H46F3NO5S. The standard InChI is InChI=1S/C22H46NO2.CHF3O3S/c1-5-6-7-8-9-10-11-12-13-14-15-16-17-18-19-23(3,4)20-21-25-22(2)24;2-1(3,4)8(5,6)7/h5-21H2,1-4H3;(H,5,6,7)/q+1;/p-1. The first-order valence-corrected chi connectivity index (χ1v) is 13.6. The fourth-order valence-electron chi connectivity index (χ4n) is 3.28. The van der Waals surface area contributed by atoms with E-state index in [9.17, 15) is 18.0 Å². The zero-order valence-electron chi connectivity index (χ0n) is 21.1. The van der Waals surface area contributed by atoms with Crippen LogP contribution in [0.3, 0.4) is 0 Å². The van der Waals surface area contributed by atoms with Crippen molar-refractivity contribution in [3.05, 3.63) is 0 Å². The van der Waals surface area contributed by atoms with Gasteiger partial charge in [0, 0.05) is 6.92 Å². The Bertz CT molecular complexity index is 581. The Morgan fingerprint density at radius 3 is 1.42 bits per heavy atom. The van der Waals surface area contributed by atoms with Crippen LogP contribution in [-0.4, -0.2) is 62.7 Å². The minimum absolute atomic E-state index is 0.170. The fraction of sp³-hybridized carbons (Fsp3) is 0.957. The average Bonchev–Trinajstić information content (AvgIpc) is 2.66. The molecule has 0 saturated heterocycles. The summed E-state index contributed by atoms with van der Waals surface area (Å²) >= 11 is 0. The van der Waals surface area contributed by atoms with Crippen LogP contribution in [0.25, 0.3) is 0 Å². The van der Waals surface area contributed by atoms with Gasteiger partial charge in [0.1, 0.15) is 13.2 Å². The van der Waals surface area contributed by atoms with E-state index < -0.39 is 15.6 Å². The second-order valence-electron chi connectivity index (χ2n) is 9.22. The van der Waals surface area contributed by atoms with Crippen LogP contribution in [0, 0.1) is 0 Å². The minimum atomic E-state index is -6.09. The zero-order chi connectivity index (χ0) is 25.8. The number of hydrogen-bond donors (Lipinski definition) is 0. The van der Waals surface area contributed by atoms with Crippen molar-refractivity contribution >= 4 is 16.1 Å². The number of carbonyl (C=O) groups excluding carboxylic acids is 1. The first-order valence-electron chi connectivity index (χ1n) is 12.2. The summed E-state index contributed by atoms with van der Waals surface area (Å²) in [6, 6.07) is 0. The van der Waals surface area contributed by atoms with Gasteiger partial charge in [0.2, 0.25) is 0 Å². The predicted octanol–water partition coefficient (Wildman–Crippen LogP) is 6.16. The van der Waals surface area contributed by atoms with E-state index in [0.717, 1.165) is 11.0 Å². The molecule has 0 fully saturated rings. The molecule has 0 radical (unpaired) electrons. The third kappa shape index (κ3) is 25.6. The van der Waals surface area contributed by atoms with Crippen LogP contribution in [0.1, 0.15) is 104 Å². The molecule has 0 bridgehead atoms. The molecule has 0 unspecified atom stereocenters. The molecular weight excluding hydrogens is 459 g/mol. The van der Waals surface area contributed by atoms with Crippen molar-refractivity contribution in [2.24, 2.45) is 0 Å². The molecule has 0 heterocycles. The second-order valence-corrected chi connectivity index (χ2v) is 10.6. The maximum absolute atomic E-state index is 10.8. The number of likely N-dealkylation sites (N-methyl/N-ethyl adjacent to an activating group) is 1. The summed E-state index contributed by atoms with van der Waals surface area (Å²) < 4.78 is 64.9. The topological polar surface area (TPSA) is 83.5 Å². The van der Waals surface area contributed by atoms with Crippen LogP contribution in [0.5, 0.6) is 0 Å². The Labute approximate surface area is 199 Å². The Hall–Kier alpha value is -0.870. The highest BCUT2D eigenvalue weighted by Gasteiger charge is 2.36. The third-order valence-corrected chi connectivity index (χ3v) is 5.97. The smallest absolute Gasteiger partial charge is 0.485 e. The van der Waals surface area contributed by atoms with Crippen LogP contribution < -0.4 is 0 Å². The summed E-state index contributed by atoms with van der Waals surface area (Å²) in [6.45, 7) is 6.40. The zero-order valence-corrected chi connectivity index (χ0v) is 21.9. The fourth-order valence-corrected chi connectivity index (χ4v) is 3.28. The maximum atomic E-state index is 10.8. The van der Waals surface area contributed by atoms with Gasteiger partial charge >= 0.3 is 11.5 Å². The number of quaternary nitrogens is 1. The van der Waals surface area contributed by atoms with Gasteiger partial charge in [0.15, 0.2) is 10.1 Å². The number of carbonyl (C=O) groups is 1. The number of esters is 1. The molecule has 200 valence electrons. The summed E-state index contributed by atoms with van der Waals surface area (Å²) in [6.07, 6.45) is 19.7. The van der Waals surface area contributed by atoms with Gasteiger partial charge in [-0.05, 0) is 12.8 Å². The molecule has 33 heavy (non-hydrogen) atoms. The van der Waals surface area contributed by atoms with E-state index in [1.807, 2.05) is 0 Å². The van der Waals surface area contributed by atoms with E-state index >= 15 is 0 Å². The number of hydrogen-bond acceptors (Lipinski definition) is 5. The molecule has 10 heteroatoms. The van der Waals surface area contributed by atoms with Gasteiger partial charge in [-0.15, -0.1) is 0 Å². The van der Waals surface area contributed by atoms with Crippen LogP contribution in [0.15, 0.2) is 0 Å². The molecule has 0 aliphatic heterocycles. The molecule has 0 atom stereocenters. The van der Waals surface area contributed by atoms with Crippen molar-refractivity contribution in [1.82, 2.24) is 0 Å². The molecule has 0 aliphatic carbocycles. The summed E-state index contributed by atoms with van der Waals surface area (Å²) in [5.74, 6) is -0.170. The summed E-state index contributed by atoms with van der Waals surface area (Å²) in [5, 5.41) is 0. The first kappa shape index (κ1) is 34.3. The summed E-state index contributed by atoms with van der Waals surface area (Å²) in [7, 11) is -1.63. The van der Waals surface area contributed by atoms with E-state index in [1.54, 1.807) is 0 Å². The van der Waals surface area contributed by atoms with Gasteiger partial charge in [-0.25, -0.2) is 8.42 Å². The van der Waals surface area contributed by atoms with E-state index in [4.69, 9.17) is 17.7 Å². The highest BCUT2D eigenvalue weighted by molar-refractivity contribution is 7.86. The third-order valence-electron chi connectivity index (χ3n) is 5.40. The SMILES string of the molecule is CCCCCCCCCCCCCCCC[N+](C)(C)CCOC(C)=O.O=S(=O)([O-])C(F)(F)F. The number of rotatable bonds is 18. The lowest BCUT2D eigenvalue weighted by Gasteiger charge is -2.29. The van der Waals surface area contributed by atoms with E-state index in [-0.39, 0.29) is 5.97 Å². The molecule has 0 aromatic heterocycles. The van der Waals surface area contributed by atoms with Crippen LogP contribution >= 0.6 is 0 Å². The number of halogens is 3. The monoisotopic (exact) mass is 505 g/mol. The van der Waals surface area contributed by atoms with E-state index in [1.165, 1.54) is 103 Å². The Balaban J connectivity index is 0. The van der Waals surface area contributed by atoms with Crippen molar-refractivity contribution in [3.8, 4) is 0 Å². The Kier molecular flexibility index (Phi) is 20.2. The molecule has 0 aromatic carbocycles. The van der Waals surface area contributed by atoms with Crippen LogP contribution in [-0.2, 0) is 19.6 Å². The number of nitrogens with zero attached hydrogens (tertiary/aromatic N) is 1. The van der Waals surface area contributed by atoms with Crippen LogP contribution in [0.4, 0.5) is 13.2 Å². The molecule has 0 aromatic rings. The second kappa shape index (κ2) is 19.4. The van der Waals surface area contributed by atoms with Crippen molar-refractivity contribution in [2.45, 2.75) is 109 Å². The van der Waals surface area contributed by atoms with Crippen molar-refractivity contribution in [1.29, 1.82) is 0 Å². The van der Waals surface area contributed by atoms with Crippen LogP contribution in [0.2, 0.25) is 0 Å². The Morgan fingerprint density at radius 1 is 0.788 bits per heavy atom. The molecule has 0 amide bonds. The highest BCUT2D eigenvalue weighted by atomic mass is 32.2. The minimum Gasteiger partial charge on any atom is -0.741 e. The van der Waals surface area contributed by atoms with Crippen molar-refractivity contribution in [2.75, 3.05) is 33.8 Å². The number of unbranched alkanes of at least 4 members (excludes halogenated alkanes) is 13. The number of alkyl halides is 3. The lowest BCUT2D eigenvalue weighted by molar-refractivity contribution is -0.890. The van der Waals surface area contributed by atoms with Gasteiger partial charge in [-0.1, -0.05) is 84.0 Å². The molecule has 0 N–H and O–H groups in total. The normalized spacial score (nSPS) is 12.2. The van der Waals surface area contributed by atoms with Crippen molar-refractivity contribution in [3.63, 3.8) is 0 Å².